The summed E-state index contributed by atoms with van der Waals surface area (Å²) >= 11 is 0. The molecular formula is C29H31N7O2. The minimum atomic E-state index is -0.314. The monoisotopic (exact) mass is 509 g/mol. The van der Waals surface area contributed by atoms with Gasteiger partial charge >= 0.3 is 0 Å². The molecule has 0 aliphatic carbocycles. The fraction of sp³-hybridized carbons (Fsp3) is 0.207. The van der Waals surface area contributed by atoms with Crippen LogP contribution in [0.25, 0.3) is 22.2 Å². The van der Waals surface area contributed by atoms with Gasteiger partial charge in [0.25, 0.3) is 0 Å². The van der Waals surface area contributed by atoms with E-state index in [0.717, 1.165) is 40.9 Å². The molecule has 0 aliphatic heterocycles. The van der Waals surface area contributed by atoms with Crippen LogP contribution < -0.4 is 25.6 Å². The summed E-state index contributed by atoms with van der Waals surface area (Å²) in [5.41, 5.74) is 4.74. The Morgan fingerprint density at radius 3 is 2.82 bits per heavy atom. The third-order valence-corrected chi connectivity index (χ3v) is 6.10. The van der Waals surface area contributed by atoms with Gasteiger partial charge < -0.3 is 30.2 Å². The number of nitrogens with zero attached hydrogens (tertiary/aromatic N) is 4. The molecule has 0 unspecified atom stereocenters. The van der Waals surface area contributed by atoms with Gasteiger partial charge in [0.15, 0.2) is 0 Å². The lowest BCUT2D eigenvalue weighted by Gasteiger charge is -2.24. The summed E-state index contributed by atoms with van der Waals surface area (Å²) in [6.45, 7) is 5.52. The molecule has 0 radical (unpaired) electrons. The van der Waals surface area contributed by atoms with Crippen LogP contribution in [0.15, 0.2) is 67.5 Å². The summed E-state index contributed by atoms with van der Waals surface area (Å²) in [4.78, 5) is 23.4. The van der Waals surface area contributed by atoms with Crippen molar-refractivity contribution in [3.8, 4) is 29.4 Å². The zero-order valence-corrected chi connectivity index (χ0v) is 21.8. The lowest BCUT2D eigenvalue weighted by Crippen LogP contribution is -2.28. The molecule has 3 N–H and O–H groups in total. The molecule has 38 heavy (non-hydrogen) atoms. The number of likely N-dealkylation sites (N-methyl/N-ethyl adjacent to an activating group) is 2. The first-order valence-corrected chi connectivity index (χ1v) is 12.1. The summed E-state index contributed by atoms with van der Waals surface area (Å²) < 4.78 is 7.72. The third-order valence-electron chi connectivity index (χ3n) is 6.10. The molecule has 0 bridgehead atoms. The number of nitrogens with one attached hydrogen (secondary N) is 3. The Balaban J connectivity index is 1.73. The molecule has 194 valence electrons. The van der Waals surface area contributed by atoms with Crippen LogP contribution in [0.1, 0.15) is 0 Å². The fourth-order valence-electron chi connectivity index (χ4n) is 4.20. The highest BCUT2D eigenvalue weighted by Crippen LogP contribution is 2.38. The number of ether oxygens (including phenoxy) is 1. The second-order valence-corrected chi connectivity index (χ2v) is 8.57. The van der Waals surface area contributed by atoms with E-state index >= 15 is 0 Å². The van der Waals surface area contributed by atoms with Gasteiger partial charge in [0.2, 0.25) is 11.9 Å². The summed E-state index contributed by atoms with van der Waals surface area (Å²) in [5, 5.41) is 10.3. The number of para-hydroxylation sites is 1. The Morgan fingerprint density at radius 1 is 1.26 bits per heavy atom. The van der Waals surface area contributed by atoms with E-state index in [-0.39, 0.29) is 5.91 Å². The molecule has 9 heteroatoms. The van der Waals surface area contributed by atoms with E-state index in [1.165, 1.54) is 6.08 Å². The first-order valence-electron chi connectivity index (χ1n) is 12.1. The zero-order valence-electron chi connectivity index (χ0n) is 21.8. The molecular weight excluding hydrogens is 478 g/mol. The van der Waals surface area contributed by atoms with E-state index < -0.39 is 0 Å². The van der Waals surface area contributed by atoms with E-state index in [1.54, 1.807) is 19.4 Å². The SMILES string of the molecule is C#CCn1cc(-c2ccnc(Nc3cc(NC(=O)C=C)c(N(C)CCNC)cc3OC)n2)c2ccccc21. The highest BCUT2D eigenvalue weighted by atomic mass is 16.5. The Bertz CT molecular complexity index is 1500. The Hall–Kier alpha value is -4.81. The molecule has 0 spiro atoms. The average molecular weight is 510 g/mol. The Labute approximate surface area is 222 Å². The number of hydrogen-bond donors (Lipinski definition) is 3. The average Bonchev–Trinajstić information content (AvgIpc) is 3.30. The van der Waals surface area contributed by atoms with Crippen LogP contribution in [0, 0.1) is 12.3 Å². The fourth-order valence-corrected chi connectivity index (χ4v) is 4.20. The van der Waals surface area contributed by atoms with Crippen LogP contribution in [0.2, 0.25) is 0 Å². The molecule has 0 fully saturated rings. The maximum absolute atomic E-state index is 12.2. The molecule has 1 amide bonds. The topological polar surface area (TPSA) is 96.3 Å². The number of aromatic nitrogens is 3. The first-order chi connectivity index (χ1) is 18.5. The van der Waals surface area contributed by atoms with Gasteiger partial charge in [-0.05, 0) is 31.3 Å². The van der Waals surface area contributed by atoms with Crippen molar-refractivity contribution in [2.24, 2.45) is 0 Å². The second-order valence-electron chi connectivity index (χ2n) is 8.57. The van der Waals surface area contributed by atoms with Crippen molar-refractivity contribution in [1.29, 1.82) is 0 Å². The van der Waals surface area contributed by atoms with Crippen molar-refractivity contribution in [3.63, 3.8) is 0 Å². The van der Waals surface area contributed by atoms with Gasteiger partial charge in [0.1, 0.15) is 5.75 Å². The standard InChI is InChI=1S/C29H31N7O2/c1-6-15-36-19-21(20-10-8-9-11-25(20)36)22-12-13-31-29(33-22)34-24-17-23(32-28(37)7-2)26(18-27(24)38-5)35(4)16-14-30-3/h1,7-13,17-19,30H,2,14-16H2,3-5H3,(H,32,37)(H,31,33,34). The molecule has 0 aliphatic rings. The number of methoxy groups -OCH3 is 1. The smallest absolute Gasteiger partial charge is 0.247 e. The predicted octanol–water partition coefficient (Wildman–Crippen LogP) is 4.26. The largest absolute Gasteiger partial charge is 0.494 e. The molecule has 9 nitrogen and oxygen atoms in total. The van der Waals surface area contributed by atoms with Crippen molar-refractivity contribution in [2.75, 3.05) is 49.8 Å². The van der Waals surface area contributed by atoms with E-state index in [2.05, 4.69) is 33.4 Å². The van der Waals surface area contributed by atoms with Gasteiger partial charge in [-0.15, -0.1) is 6.42 Å². The molecule has 0 saturated carbocycles. The number of hydrogen-bond acceptors (Lipinski definition) is 7. The van der Waals surface area contributed by atoms with Crippen molar-refractivity contribution < 1.29 is 9.53 Å². The summed E-state index contributed by atoms with van der Waals surface area (Å²) in [6, 6.07) is 13.6. The summed E-state index contributed by atoms with van der Waals surface area (Å²) in [6.07, 6.45) is 10.5. The molecule has 2 aromatic carbocycles. The maximum atomic E-state index is 12.2. The summed E-state index contributed by atoms with van der Waals surface area (Å²) in [5.74, 6) is 3.35. The predicted molar refractivity (Wildman–Crippen MR) is 154 cm³/mol. The van der Waals surface area contributed by atoms with Crippen molar-refractivity contribution in [2.45, 2.75) is 6.54 Å². The van der Waals surface area contributed by atoms with Gasteiger partial charge in [-0.1, -0.05) is 30.7 Å². The van der Waals surface area contributed by atoms with Gasteiger partial charge in [0, 0.05) is 55.1 Å². The number of carbonyl (C=O) groups is 1. The quantitative estimate of drug-likeness (QED) is 0.205. The number of terminal acetylenes is 1. The van der Waals surface area contributed by atoms with E-state index in [9.17, 15) is 4.79 Å². The first kappa shape index (κ1) is 26.3. The van der Waals surface area contributed by atoms with Crippen LogP contribution in [0.3, 0.4) is 0 Å². The van der Waals surface area contributed by atoms with Gasteiger partial charge in [-0.25, -0.2) is 9.97 Å². The van der Waals surface area contributed by atoms with Crippen molar-refractivity contribution >= 4 is 39.8 Å². The number of rotatable bonds is 11. The van der Waals surface area contributed by atoms with Gasteiger partial charge in [-0.2, -0.15) is 0 Å². The van der Waals surface area contributed by atoms with Gasteiger partial charge in [0.05, 0.1) is 36.4 Å². The molecule has 4 rings (SSSR count). The van der Waals surface area contributed by atoms with E-state index in [1.807, 2.05) is 66.2 Å². The minimum Gasteiger partial charge on any atom is -0.494 e. The zero-order chi connectivity index (χ0) is 27.1. The molecule has 0 atom stereocenters. The van der Waals surface area contributed by atoms with Crippen LogP contribution in [-0.4, -0.2) is 54.7 Å². The number of carbonyl (C=O) groups excluding carboxylic acids is 1. The number of benzene rings is 2. The second kappa shape index (κ2) is 12.0. The van der Waals surface area contributed by atoms with Crippen molar-refractivity contribution in [3.05, 3.63) is 67.5 Å². The van der Waals surface area contributed by atoms with Crippen molar-refractivity contribution in [1.82, 2.24) is 19.9 Å². The minimum absolute atomic E-state index is 0.314. The molecule has 0 saturated heterocycles. The Morgan fingerprint density at radius 2 is 2.08 bits per heavy atom. The molecule has 2 aromatic heterocycles. The molecule has 2 heterocycles. The van der Waals surface area contributed by atoms with E-state index in [0.29, 0.717) is 29.6 Å². The Kier molecular flexibility index (Phi) is 8.26. The van der Waals surface area contributed by atoms with Crippen LogP contribution in [0.4, 0.5) is 23.0 Å². The molecule has 4 aromatic rings. The van der Waals surface area contributed by atoms with Crippen LogP contribution >= 0.6 is 0 Å². The normalized spacial score (nSPS) is 10.6. The summed E-state index contributed by atoms with van der Waals surface area (Å²) in [7, 11) is 5.44. The number of amides is 1. The lowest BCUT2D eigenvalue weighted by molar-refractivity contribution is -0.111. The van der Waals surface area contributed by atoms with Gasteiger partial charge in [-0.3, -0.25) is 4.79 Å². The number of anilines is 4. The third kappa shape index (κ3) is 5.61. The van der Waals surface area contributed by atoms with Crippen LogP contribution in [-0.2, 0) is 11.3 Å². The van der Waals surface area contributed by atoms with E-state index in [4.69, 9.17) is 16.1 Å². The number of fused-ring (bicyclic) bond motifs is 1. The lowest BCUT2D eigenvalue weighted by atomic mass is 10.1. The highest BCUT2D eigenvalue weighted by molar-refractivity contribution is 6.02. The highest BCUT2D eigenvalue weighted by Gasteiger charge is 2.17. The van der Waals surface area contributed by atoms with Crippen LogP contribution in [0.5, 0.6) is 5.75 Å². The maximum Gasteiger partial charge on any atom is 0.247 e.